The van der Waals surface area contributed by atoms with Gasteiger partial charge in [0.15, 0.2) is 17.3 Å². The number of cyclic esters (lactones) is 3. The summed E-state index contributed by atoms with van der Waals surface area (Å²) in [7, 11) is -6.59. The van der Waals surface area contributed by atoms with Crippen LogP contribution in [0.4, 0.5) is 0 Å². The zero-order valence-electron chi connectivity index (χ0n) is 87.5. The van der Waals surface area contributed by atoms with Crippen LogP contribution in [0.5, 0.6) is 34.9 Å². The van der Waals surface area contributed by atoms with Crippen LogP contribution < -0.4 is 28.4 Å². The fourth-order valence-electron chi connectivity index (χ4n) is 22.2. The molecule has 0 spiro atoms. The van der Waals surface area contributed by atoms with Crippen molar-refractivity contribution < 1.29 is 119 Å². The second-order valence-corrected chi connectivity index (χ2v) is 53.4. The fourth-order valence-corrected chi connectivity index (χ4v) is 27.5. The molecule has 3 N–H and O–H groups in total. The Kier molecular flexibility index (Phi) is 34.3. The second kappa shape index (κ2) is 44.4. The summed E-state index contributed by atoms with van der Waals surface area (Å²) in [6, 6.07) is 14.9. The van der Waals surface area contributed by atoms with Crippen molar-refractivity contribution in [2.24, 2.45) is 69.0 Å². The molecule has 9 heterocycles. The van der Waals surface area contributed by atoms with E-state index in [9.17, 15) is 71.5 Å². The van der Waals surface area contributed by atoms with Crippen LogP contribution in [0.15, 0.2) is 111 Å². The SMILES string of the molecule is C=CC1CC1(CC(=O)[C@@H]1C[C@@H]2CN1C(=O)[C@H](C(C)(C)C)CC(=O)OCC(C)(C)CCCc1cc3c(nccc3cc1OC)O2)P(=O)(O)OCC.C=CC1CC1(CC(=O)[C@@H]1C[C@@H]2CN1C(=O)[C@H](C(C)(C)C)CC(=O)OC[C@@H](C)CCCc1cc3c(nccc3cc1OC)O2)P(C)(=O)O.C=CC1CC1(CC(=O)[C@@H]1C[C@@H]2CN1C(=O)[C@H](C(C)(C)C)CC(=O)OC[C@H](C)CCCc1cc3c(nccc3cc1OC)O2)P(C)(=O)O. The molecule has 6 aromatic rings. The van der Waals surface area contributed by atoms with E-state index >= 15 is 0 Å². The fraction of sp³-hybridized carbons (Fsp3) is 0.618. The topological polar surface area (TPSA) is 406 Å². The molecule has 786 valence electrons. The predicted octanol–water partition coefficient (Wildman–Crippen LogP) is 18.6. The lowest BCUT2D eigenvalue weighted by atomic mass is 9.77. The lowest BCUT2D eigenvalue weighted by Crippen LogP contribution is -2.48. The number of pyridine rings is 3. The smallest absolute Gasteiger partial charge is 0.335 e. The van der Waals surface area contributed by atoms with E-state index in [-0.39, 0.29) is 180 Å². The molecule has 34 heteroatoms. The zero-order valence-corrected chi connectivity index (χ0v) is 90.2. The Bertz CT molecular complexity index is 5770. The van der Waals surface area contributed by atoms with E-state index < -0.39 is 126 Å². The number of hydrogen-bond acceptors (Lipinski definition) is 25. The maximum atomic E-state index is 14.6. The van der Waals surface area contributed by atoms with Crippen molar-refractivity contribution in [3.8, 4) is 34.9 Å². The number of esters is 3. The minimum atomic E-state index is -4.20. The van der Waals surface area contributed by atoms with Gasteiger partial charge in [0, 0.05) is 86.6 Å². The van der Waals surface area contributed by atoms with Gasteiger partial charge in [-0.15, -0.1) is 19.7 Å². The van der Waals surface area contributed by atoms with Crippen LogP contribution in [0.3, 0.4) is 0 Å². The number of ketones is 3. The predicted molar refractivity (Wildman–Crippen MR) is 550 cm³/mol. The molecule has 15 rings (SSSR count). The summed E-state index contributed by atoms with van der Waals surface area (Å²) in [4.78, 5) is 176. The number of nitrogens with zero attached hydrogens (tertiary/aromatic N) is 6. The summed E-state index contributed by atoms with van der Waals surface area (Å²) in [6.07, 6.45) is 16.0. The third kappa shape index (κ3) is 24.9. The first-order chi connectivity index (χ1) is 67.6. The van der Waals surface area contributed by atoms with Gasteiger partial charge < -0.3 is 76.5 Å². The van der Waals surface area contributed by atoms with E-state index in [0.717, 1.165) is 124 Å². The number of aromatic nitrogens is 3. The van der Waals surface area contributed by atoms with Gasteiger partial charge in [-0.25, -0.2) is 15.0 Å². The van der Waals surface area contributed by atoms with Crippen LogP contribution in [-0.4, -0.2) is 230 Å². The molecule has 0 radical (unpaired) electrons. The van der Waals surface area contributed by atoms with Gasteiger partial charge >= 0.3 is 25.5 Å². The van der Waals surface area contributed by atoms with Crippen molar-refractivity contribution in [2.45, 2.75) is 284 Å². The van der Waals surface area contributed by atoms with Gasteiger partial charge in [0.25, 0.3) is 0 Å². The zero-order chi connectivity index (χ0) is 105. The first-order valence-electron chi connectivity index (χ1n) is 50.9. The van der Waals surface area contributed by atoms with E-state index in [1.807, 2.05) is 131 Å². The standard InChI is InChI=1S/C38H53N2O9P.2C36H49N2O8P/c1-9-26-20-38(26,50(44,45)48-10-2)21-31(41)30-18-27-22-40(30)35(43)29(36(3,4)5)19-33(42)47-23-37(6,7)14-11-12-25-16-28-24(17-32(25)46-8)13-15-39-34(28)49-27;2*1-8-25-18-36(25,47(7,42)43)19-30(39)29-16-26-20-38(29)34(41)28(35(3,4)5)17-32(40)45-21-22(2)10-9-11-24-14-27-23(15-31(24)44-6)12-13-37-33(27)46-26/h9,13,15-17,26-27,29-30H,1,10-12,14,18-23H2,2-8H3,(H,44,45);2*8,12-15,22,25-26,28-29H,1,9-11,16-21H2,2-7H3,(H,42,43)/t26?,27-,29-,30+,38?;22-,25?,26+,28+,29-,36?;22-,25?,26-,28-,29+,36?/m101/s1. The van der Waals surface area contributed by atoms with Crippen molar-refractivity contribution in [1.29, 1.82) is 0 Å². The van der Waals surface area contributed by atoms with E-state index in [2.05, 4.69) is 48.5 Å². The molecule has 3 aromatic heterocycles. The molecule has 31 nitrogen and oxygen atoms in total. The van der Waals surface area contributed by atoms with Gasteiger partial charge in [0.05, 0.1) is 138 Å². The van der Waals surface area contributed by atoms with Crippen molar-refractivity contribution in [3.63, 3.8) is 0 Å². The average molecular weight is 2050 g/mol. The summed E-state index contributed by atoms with van der Waals surface area (Å²) in [5.41, 5.74) is 0.823. The van der Waals surface area contributed by atoms with Crippen molar-refractivity contribution in [1.82, 2.24) is 29.7 Å². The number of carbonyl (C=O) groups excluding carboxylic acids is 9. The molecular weight excluding hydrogens is 1900 g/mol. The van der Waals surface area contributed by atoms with E-state index in [4.69, 9.17) is 47.2 Å². The van der Waals surface area contributed by atoms with Crippen LogP contribution in [0.25, 0.3) is 32.3 Å². The number of carbonyl (C=O) groups is 9. The van der Waals surface area contributed by atoms with Gasteiger partial charge in [0.1, 0.15) is 35.6 Å². The highest BCUT2D eigenvalue weighted by atomic mass is 31.2. The quantitative estimate of drug-likeness (QED) is 0.0276. The number of amides is 3. The Morgan fingerprint density at radius 1 is 0.479 bits per heavy atom. The Morgan fingerprint density at radius 3 is 1.08 bits per heavy atom. The molecular formula is C110H151N6O25P3. The van der Waals surface area contributed by atoms with Crippen LogP contribution in [-0.2, 0) is 94.8 Å². The minimum absolute atomic E-state index is 0.0176. The van der Waals surface area contributed by atoms with Crippen molar-refractivity contribution in [3.05, 3.63) is 128 Å². The number of ether oxygens (including phenoxy) is 9. The summed E-state index contributed by atoms with van der Waals surface area (Å²) >= 11 is 0. The van der Waals surface area contributed by atoms with E-state index in [0.29, 0.717) is 30.5 Å². The molecule has 3 amide bonds. The van der Waals surface area contributed by atoms with Gasteiger partial charge in [-0.05, 0) is 223 Å². The maximum Gasteiger partial charge on any atom is 0.335 e. The van der Waals surface area contributed by atoms with Crippen LogP contribution in [0.1, 0.15) is 229 Å². The minimum Gasteiger partial charge on any atom is -0.496 e. The number of methoxy groups -OCH3 is 3. The number of Topliss-reactive ketones (excluding diaryl/α,β-unsaturated/α-hetero) is 3. The Hall–Kier alpha value is -9.73. The van der Waals surface area contributed by atoms with Gasteiger partial charge in [-0.2, -0.15) is 0 Å². The number of hydrogen-bond donors (Lipinski definition) is 3. The van der Waals surface area contributed by atoms with Crippen molar-refractivity contribution >= 4 is 108 Å². The number of rotatable bonds is 20. The molecule has 20 atom stereocenters. The number of fused-ring (bicyclic) bond motifs is 9. The first kappa shape index (κ1) is 111. The normalized spacial score (nSPS) is 29.6. The second-order valence-electron chi connectivity index (χ2n) is 45.9. The maximum absolute atomic E-state index is 14.6. The van der Waals surface area contributed by atoms with Crippen molar-refractivity contribution in [2.75, 3.05) is 80.7 Å². The highest BCUT2D eigenvalue weighted by Gasteiger charge is 2.68. The Balaban J connectivity index is 0.000000181. The van der Waals surface area contributed by atoms with Gasteiger partial charge in [-0.3, -0.25) is 56.8 Å². The summed E-state index contributed by atoms with van der Waals surface area (Å²) < 4.78 is 98.7. The molecule has 3 aromatic carbocycles. The van der Waals surface area contributed by atoms with E-state index in [1.165, 1.54) is 28.0 Å². The largest absolute Gasteiger partial charge is 0.496 e. The summed E-state index contributed by atoms with van der Waals surface area (Å²) in [6.45, 7) is 41.9. The van der Waals surface area contributed by atoms with E-state index in [1.54, 1.807) is 65.1 Å². The number of allylic oxidation sites excluding steroid dienone is 3. The van der Waals surface area contributed by atoms with Crippen LogP contribution in [0.2, 0.25) is 0 Å². The lowest BCUT2D eigenvalue weighted by molar-refractivity contribution is -0.155. The summed E-state index contributed by atoms with van der Waals surface area (Å²) in [5, 5.41) is 1.62. The summed E-state index contributed by atoms with van der Waals surface area (Å²) in [5.74, 6) is -2.82. The molecule has 12 bridgehead atoms. The molecule has 9 unspecified atom stereocenters. The molecule has 6 fully saturated rings. The highest BCUT2D eigenvalue weighted by Crippen LogP contribution is 2.75. The molecule has 6 aliphatic heterocycles. The number of aryl methyl sites for hydroxylation is 3. The average Bonchev–Trinajstić information content (AvgIpc) is 1.56. The number of benzene rings is 3. The van der Waals surface area contributed by atoms with Gasteiger partial charge in [0.2, 0.25) is 50.1 Å². The Morgan fingerprint density at radius 2 is 0.785 bits per heavy atom. The molecule has 9 aliphatic rings. The Labute approximate surface area is 847 Å². The first-order valence-corrected chi connectivity index (χ1v) is 56.7. The monoisotopic (exact) mass is 2050 g/mol. The molecule has 3 saturated heterocycles. The lowest BCUT2D eigenvalue weighted by Gasteiger charge is -2.35. The third-order valence-electron chi connectivity index (χ3n) is 31.5. The molecule has 144 heavy (non-hydrogen) atoms. The molecule has 3 aliphatic carbocycles. The molecule has 3 saturated carbocycles. The highest BCUT2D eigenvalue weighted by molar-refractivity contribution is 7.59. The van der Waals surface area contributed by atoms with Crippen LogP contribution >= 0.6 is 22.3 Å². The third-order valence-corrected chi connectivity index (χ3v) is 38.6. The van der Waals surface area contributed by atoms with Gasteiger partial charge in [-0.1, -0.05) is 108 Å². The van der Waals surface area contributed by atoms with Crippen LogP contribution in [0, 0.1) is 69.0 Å².